The summed E-state index contributed by atoms with van der Waals surface area (Å²) in [5.41, 5.74) is 8.48. The number of nitrogens with one attached hydrogen (secondary N) is 1. The number of anilines is 1. The van der Waals surface area contributed by atoms with Gasteiger partial charge in [0.1, 0.15) is 0 Å². The van der Waals surface area contributed by atoms with Crippen LogP contribution in [0.4, 0.5) is 5.69 Å². The topological polar surface area (TPSA) is 38.0 Å². The van der Waals surface area contributed by atoms with E-state index in [1.54, 1.807) is 0 Å². The minimum atomic E-state index is 0.124. The molecule has 3 rings (SSSR count). The number of hydrogen-bond donors (Lipinski definition) is 2. The highest BCUT2D eigenvalue weighted by atomic mass is 35.5. The third-order valence-electron chi connectivity index (χ3n) is 4.50. The van der Waals surface area contributed by atoms with Gasteiger partial charge < -0.3 is 11.1 Å². The lowest BCUT2D eigenvalue weighted by Crippen LogP contribution is -2.49. The highest BCUT2D eigenvalue weighted by molar-refractivity contribution is 6.31. The fourth-order valence-corrected chi connectivity index (χ4v) is 3.24. The molecular formula is C15H21ClN2. The zero-order valence-corrected chi connectivity index (χ0v) is 11.6. The molecule has 3 heteroatoms. The number of halogens is 1. The predicted molar refractivity (Wildman–Crippen MR) is 77.0 cm³/mol. The standard InChI is InChI=1S/C15H21ClN2/c1-10-2-7-13(8-14(10)16)18-15(9-17,11-3-4-11)12-5-6-12/h2,7-8,11-12,18H,3-6,9,17H2,1H3. The third-order valence-corrected chi connectivity index (χ3v) is 4.91. The van der Waals surface area contributed by atoms with Crippen molar-refractivity contribution in [3.8, 4) is 0 Å². The molecule has 98 valence electrons. The minimum Gasteiger partial charge on any atom is -0.378 e. The summed E-state index contributed by atoms with van der Waals surface area (Å²) in [5.74, 6) is 1.52. The van der Waals surface area contributed by atoms with Gasteiger partial charge in [-0.15, -0.1) is 0 Å². The lowest BCUT2D eigenvalue weighted by Gasteiger charge is -2.35. The van der Waals surface area contributed by atoms with Gasteiger partial charge in [-0.1, -0.05) is 17.7 Å². The first-order chi connectivity index (χ1) is 8.65. The lowest BCUT2D eigenvalue weighted by atomic mass is 9.87. The van der Waals surface area contributed by atoms with E-state index in [2.05, 4.69) is 17.4 Å². The van der Waals surface area contributed by atoms with E-state index in [9.17, 15) is 0 Å². The van der Waals surface area contributed by atoms with E-state index in [0.29, 0.717) is 0 Å². The van der Waals surface area contributed by atoms with E-state index in [4.69, 9.17) is 17.3 Å². The van der Waals surface area contributed by atoms with Gasteiger partial charge in [0.15, 0.2) is 0 Å². The number of benzene rings is 1. The van der Waals surface area contributed by atoms with Crippen LogP contribution < -0.4 is 11.1 Å². The van der Waals surface area contributed by atoms with Crippen molar-refractivity contribution in [2.75, 3.05) is 11.9 Å². The van der Waals surface area contributed by atoms with Gasteiger partial charge in [-0.05, 0) is 62.1 Å². The molecule has 0 aromatic heterocycles. The molecule has 3 N–H and O–H groups in total. The Morgan fingerprint density at radius 2 is 1.89 bits per heavy atom. The highest BCUT2D eigenvalue weighted by Crippen LogP contribution is 2.53. The second-order valence-electron chi connectivity index (χ2n) is 5.88. The predicted octanol–water partition coefficient (Wildman–Crippen LogP) is 3.58. The van der Waals surface area contributed by atoms with E-state index in [1.165, 1.54) is 25.7 Å². The Balaban J connectivity index is 1.85. The number of hydrogen-bond acceptors (Lipinski definition) is 2. The molecule has 0 bridgehead atoms. The second kappa shape index (κ2) is 4.43. The molecule has 2 aliphatic carbocycles. The molecule has 2 nitrogen and oxygen atoms in total. The first-order valence-corrected chi connectivity index (χ1v) is 7.28. The van der Waals surface area contributed by atoms with E-state index in [1.807, 2.05) is 13.0 Å². The molecule has 1 aromatic rings. The second-order valence-corrected chi connectivity index (χ2v) is 6.29. The van der Waals surface area contributed by atoms with Crippen molar-refractivity contribution in [2.45, 2.75) is 38.1 Å². The molecule has 2 fully saturated rings. The molecule has 0 unspecified atom stereocenters. The first kappa shape index (κ1) is 12.3. The van der Waals surface area contributed by atoms with Gasteiger partial charge in [0, 0.05) is 17.3 Å². The van der Waals surface area contributed by atoms with Gasteiger partial charge in [0.2, 0.25) is 0 Å². The van der Waals surface area contributed by atoms with Crippen LogP contribution in [0.15, 0.2) is 18.2 Å². The van der Waals surface area contributed by atoms with Crippen LogP contribution in [0.25, 0.3) is 0 Å². The molecule has 0 spiro atoms. The van der Waals surface area contributed by atoms with E-state index in [0.717, 1.165) is 34.7 Å². The Hall–Kier alpha value is -0.730. The van der Waals surface area contributed by atoms with E-state index >= 15 is 0 Å². The molecule has 0 radical (unpaired) electrons. The Labute approximate surface area is 114 Å². The van der Waals surface area contributed by atoms with Crippen LogP contribution >= 0.6 is 11.6 Å². The molecule has 0 atom stereocenters. The Bertz CT molecular complexity index is 438. The Morgan fingerprint density at radius 1 is 1.28 bits per heavy atom. The quantitative estimate of drug-likeness (QED) is 0.853. The number of nitrogens with two attached hydrogens (primary N) is 1. The molecule has 0 aliphatic heterocycles. The summed E-state index contributed by atoms with van der Waals surface area (Å²) in [6, 6.07) is 6.23. The van der Waals surface area contributed by atoms with Gasteiger partial charge in [-0.25, -0.2) is 0 Å². The van der Waals surface area contributed by atoms with Crippen molar-refractivity contribution >= 4 is 17.3 Å². The Kier molecular flexibility index (Phi) is 3.03. The van der Waals surface area contributed by atoms with Gasteiger partial charge in [-0.3, -0.25) is 0 Å². The SMILES string of the molecule is Cc1ccc(NC(CN)(C2CC2)C2CC2)cc1Cl. The van der Waals surface area contributed by atoms with E-state index < -0.39 is 0 Å². The summed E-state index contributed by atoms with van der Waals surface area (Å²) in [5, 5.41) is 4.56. The maximum Gasteiger partial charge on any atom is 0.0551 e. The smallest absolute Gasteiger partial charge is 0.0551 e. The summed E-state index contributed by atoms with van der Waals surface area (Å²) in [4.78, 5) is 0. The van der Waals surface area contributed by atoms with Crippen molar-refractivity contribution in [2.24, 2.45) is 17.6 Å². The summed E-state index contributed by atoms with van der Waals surface area (Å²) in [6.45, 7) is 2.76. The zero-order chi connectivity index (χ0) is 12.8. The fraction of sp³-hybridized carbons (Fsp3) is 0.600. The normalized spacial score (nSPS) is 19.9. The minimum absolute atomic E-state index is 0.124. The van der Waals surface area contributed by atoms with Crippen molar-refractivity contribution in [3.63, 3.8) is 0 Å². The van der Waals surface area contributed by atoms with Gasteiger partial charge in [0.25, 0.3) is 0 Å². The average molecular weight is 265 g/mol. The monoisotopic (exact) mass is 264 g/mol. The van der Waals surface area contributed by atoms with Crippen LogP contribution in [0.1, 0.15) is 31.2 Å². The zero-order valence-electron chi connectivity index (χ0n) is 10.9. The van der Waals surface area contributed by atoms with E-state index in [-0.39, 0.29) is 5.54 Å². The van der Waals surface area contributed by atoms with Gasteiger partial charge >= 0.3 is 0 Å². The number of aryl methyl sites for hydroxylation is 1. The van der Waals surface area contributed by atoms with Crippen molar-refractivity contribution in [1.29, 1.82) is 0 Å². The summed E-state index contributed by atoms with van der Waals surface area (Å²) >= 11 is 6.21. The van der Waals surface area contributed by atoms with Crippen molar-refractivity contribution < 1.29 is 0 Å². The van der Waals surface area contributed by atoms with Crippen LogP contribution in [0.3, 0.4) is 0 Å². The fourth-order valence-electron chi connectivity index (χ4n) is 3.06. The molecule has 2 aliphatic rings. The lowest BCUT2D eigenvalue weighted by molar-refractivity contribution is 0.366. The number of rotatable bonds is 5. The van der Waals surface area contributed by atoms with Crippen molar-refractivity contribution in [1.82, 2.24) is 0 Å². The van der Waals surface area contributed by atoms with Crippen LogP contribution in [0, 0.1) is 18.8 Å². The molecule has 2 saturated carbocycles. The summed E-state index contributed by atoms with van der Waals surface area (Å²) in [6.07, 6.45) is 5.28. The van der Waals surface area contributed by atoms with Crippen LogP contribution in [0.2, 0.25) is 5.02 Å². The summed E-state index contributed by atoms with van der Waals surface area (Å²) < 4.78 is 0. The largest absolute Gasteiger partial charge is 0.378 e. The maximum absolute atomic E-state index is 6.21. The Morgan fingerprint density at radius 3 is 2.33 bits per heavy atom. The van der Waals surface area contributed by atoms with Gasteiger partial charge in [0.05, 0.1) is 5.54 Å². The maximum atomic E-state index is 6.21. The molecule has 18 heavy (non-hydrogen) atoms. The molecule has 1 aromatic carbocycles. The van der Waals surface area contributed by atoms with Crippen LogP contribution in [-0.4, -0.2) is 12.1 Å². The third kappa shape index (κ3) is 2.12. The van der Waals surface area contributed by atoms with Crippen LogP contribution in [0.5, 0.6) is 0 Å². The molecule has 0 saturated heterocycles. The molecule has 0 amide bonds. The molecule has 0 heterocycles. The molecular weight excluding hydrogens is 244 g/mol. The average Bonchev–Trinajstić information content (AvgIpc) is 3.21. The van der Waals surface area contributed by atoms with Crippen molar-refractivity contribution in [3.05, 3.63) is 28.8 Å². The highest BCUT2D eigenvalue weighted by Gasteiger charge is 2.53. The summed E-state index contributed by atoms with van der Waals surface area (Å²) in [7, 11) is 0. The first-order valence-electron chi connectivity index (χ1n) is 6.90. The van der Waals surface area contributed by atoms with Gasteiger partial charge in [-0.2, -0.15) is 0 Å². The van der Waals surface area contributed by atoms with Crippen LogP contribution in [-0.2, 0) is 0 Å².